The lowest BCUT2D eigenvalue weighted by atomic mass is 10.1. The maximum Gasteiger partial charge on any atom is 0.373 e. The van der Waals surface area contributed by atoms with Gasteiger partial charge in [-0.25, -0.2) is 4.79 Å². The second-order valence-electron chi connectivity index (χ2n) is 3.28. The average Bonchev–Trinajstić information content (AvgIpc) is 2.95. The lowest BCUT2D eigenvalue weighted by Gasteiger charge is -2.04. The molecular formula is C11H9IO4S. The van der Waals surface area contributed by atoms with Crippen LogP contribution in [0.1, 0.15) is 28.0 Å². The molecule has 0 aliphatic heterocycles. The van der Waals surface area contributed by atoms with Crippen molar-refractivity contribution in [2.75, 3.05) is 7.11 Å². The zero-order valence-electron chi connectivity index (χ0n) is 8.84. The van der Waals surface area contributed by atoms with E-state index in [1.165, 1.54) is 24.5 Å². The predicted molar refractivity (Wildman–Crippen MR) is 71.1 cm³/mol. The summed E-state index contributed by atoms with van der Waals surface area (Å²) in [6.45, 7) is 0. The van der Waals surface area contributed by atoms with Gasteiger partial charge in [0.15, 0.2) is 0 Å². The van der Waals surface area contributed by atoms with Crippen LogP contribution in [0.4, 0.5) is 0 Å². The highest BCUT2D eigenvalue weighted by Crippen LogP contribution is 2.28. The van der Waals surface area contributed by atoms with E-state index in [1.54, 1.807) is 6.07 Å². The Morgan fingerprint density at radius 1 is 1.59 bits per heavy atom. The quantitative estimate of drug-likeness (QED) is 0.672. The van der Waals surface area contributed by atoms with E-state index in [4.69, 9.17) is 4.42 Å². The molecule has 0 fully saturated rings. The Hall–Kier alpha value is -0.860. The Kier molecular flexibility index (Phi) is 3.85. The summed E-state index contributed by atoms with van der Waals surface area (Å²) < 4.78 is 10.8. The molecule has 1 N–H and O–H groups in total. The van der Waals surface area contributed by atoms with Crippen LogP contribution in [0.15, 0.2) is 28.0 Å². The second kappa shape index (κ2) is 5.19. The van der Waals surface area contributed by atoms with Crippen molar-refractivity contribution in [2.45, 2.75) is 6.10 Å². The van der Waals surface area contributed by atoms with Gasteiger partial charge in [-0.15, -0.1) is 11.3 Å². The highest BCUT2D eigenvalue weighted by molar-refractivity contribution is 14.1. The molecule has 0 radical (unpaired) electrons. The van der Waals surface area contributed by atoms with Gasteiger partial charge in [-0.1, -0.05) is 0 Å². The van der Waals surface area contributed by atoms with E-state index in [2.05, 4.69) is 27.3 Å². The van der Waals surface area contributed by atoms with Crippen molar-refractivity contribution in [3.8, 4) is 0 Å². The molecule has 0 spiro atoms. The smallest absolute Gasteiger partial charge is 0.373 e. The zero-order chi connectivity index (χ0) is 12.4. The SMILES string of the molecule is COC(=O)c1ccc(C(O)c2csc(I)c2)o1. The van der Waals surface area contributed by atoms with Crippen LogP contribution in [-0.4, -0.2) is 18.2 Å². The number of carbonyl (C=O) groups is 1. The molecule has 0 aliphatic carbocycles. The van der Waals surface area contributed by atoms with E-state index >= 15 is 0 Å². The number of methoxy groups -OCH3 is 1. The van der Waals surface area contributed by atoms with Crippen LogP contribution >= 0.6 is 33.9 Å². The van der Waals surface area contributed by atoms with E-state index in [0.29, 0.717) is 5.76 Å². The molecule has 17 heavy (non-hydrogen) atoms. The number of esters is 1. The molecule has 0 aliphatic rings. The first-order valence-corrected chi connectivity index (χ1v) is 6.67. The van der Waals surface area contributed by atoms with Gasteiger partial charge in [0.05, 0.1) is 9.99 Å². The number of carbonyl (C=O) groups excluding carboxylic acids is 1. The fourth-order valence-electron chi connectivity index (χ4n) is 1.34. The van der Waals surface area contributed by atoms with Crippen molar-refractivity contribution in [2.24, 2.45) is 0 Å². The summed E-state index contributed by atoms with van der Waals surface area (Å²) in [5.41, 5.74) is 0.755. The Bertz CT molecular complexity index is 531. The van der Waals surface area contributed by atoms with Crippen molar-refractivity contribution >= 4 is 39.9 Å². The molecule has 4 nitrogen and oxygen atoms in total. The summed E-state index contributed by atoms with van der Waals surface area (Å²) in [5.74, 6) is -0.130. The Morgan fingerprint density at radius 3 is 2.94 bits per heavy atom. The number of ether oxygens (including phenoxy) is 1. The highest BCUT2D eigenvalue weighted by Gasteiger charge is 2.18. The molecule has 1 atom stereocenters. The number of thiophene rings is 1. The molecule has 2 rings (SSSR count). The van der Waals surface area contributed by atoms with E-state index in [9.17, 15) is 9.90 Å². The van der Waals surface area contributed by atoms with Gasteiger partial charge in [-0.3, -0.25) is 0 Å². The second-order valence-corrected chi connectivity index (χ2v) is 6.09. The summed E-state index contributed by atoms with van der Waals surface area (Å²) in [7, 11) is 1.28. The Morgan fingerprint density at radius 2 is 2.35 bits per heavy atom. The molecule has 0 saturated heterocycles. The van der Waals surface area contributed by atoms with Gasteiger partial charge in [0.1, 0.15) is 11.9 Å². The molecular weight excluding hydrogens is 355 g/mol. The molecule has 2 aromatic rings. The van der Waals surface area contributed by atoms with Crippen LogP contribution in [0, 0.1) is 2.88 Å². The van der Waals surface area contributed by atoms with Crippen LogP contribution in [0.3, 0.4) is 0 Å². The predicted octanol–water partition coefficient (Wildman–Crippen LogP) is 2.81. The van der Waals surface area contributed by atoms with Gasteiger partial charge < -0.3 is 14.3 Å². The Labute approximate surface area is 115 Å². The number of aliphatic hydroxyl groups is 1. The highest BCUT2D eigenvalue weighted by atomic mass is 127. The number of furan rings is 1. The third-order valence-electron chi connectivity index (χ3n) is 2.19. The van der Waals surface area contributed by atoms with Gasteiger partial charge in [0, 0.05) is 0 Å². The van der Waals surface area contributed by atoms with Crippen molar-refractivity contribution in [1.82, 2.24) is 0 Å². The van der Waals surface area contributed by atoms with Crippen LogP contribution < -0.4 is 0 Å². The van der Waals surface area contributed by atoms with Gasteiger partial charge >= 0.3 is 5.97 Å². The fraction of sp³-hybridized carbons (Fsp3) is 0.182. The number of rotatable bonds is 3. The standard InChI is InChI=1S/C11H9IO4S/c1-15-11(14)8-3-2-7(16-8)10(13)6-4-9(12)17-5-6/h2-5,10,13H,1H3. The van der Waals surface area contributed by atoms with Gasteiger partial charge in [-0.2, -0.15) is 0 Å². The first-order valence-electron chi connectivity index (χ1n) is 4.72. The van der Waals surface area contributed by atoms with E-state index in [0.717, 1.165) is 8.45 Å². The molecule has 0 saturated carbocycles. The molecule has 90 valence electrons. The van der Waals surface area contributed by atoms with Crippen LogP contribution in [0.2, 0.25) is 0 Å². The van der Waals surface area contributed by atoms with Crippen LogP contribution in [-0.2, 0) is 4.74 Å². The number of halogens is 1. The van der Waals surface area contributed by atoms with Gasteiger partial charge in [-0.05, 0) is 51.7 Å². The van der Waals surface area contributed by atoms with Crippen molar-refractivity contribution in [1.29, 1.82) is 0 Å². The molecule has 0 bridgehead atoms. The van der Waals surface area contributed by atoms with Crippen molar-refractivity contribution in [3.63, 3.8) is 0 Å². The molecule has 6 heteroatoms. The van der Waals surface area contributed by atoms with Gasteiger partial charge in [0.25, 0.3) is 0 Å². The topological polar surface area (TPSA) is 59.7 Å². The maximum absolute atomic E-state index is 11.2. The summed E-state index contributed by atoms with van der Waals surface area (Å²) >= 11 is 3.72. The minimum Gasteiger partial charge on any atom is -0.463 e. The lowest BCUT2D eigenvalue weighted by Crippen LogP contribution is -1.99. The molecule has 2 aromatic heterocycles. The summed E-state index contributed by atoms with van der Waals surface area (Å²) in [6.07, 6.45) is -0.854. The maximum atomic E-state index is 11.2. The number of aliphatic hydroxyl groups excluding tert-OH is 1. The monoisotopic (exact) mass is 364 g/mol. The summed E-state index contributed by atoms with van der Waals surface area (Å²) in [5, 5.41) is 11.9. The first-order chi connectivity index (χ1) is 8.11. The molecule has 2 heterocycles. The van der Waals surface area contributed by atoms with Crippen molar-refractivity contribution in [3.05, 3.63) is 43.5 Å². The van der Waals surface area contributed by atoms with E-state index in [1.807, 2.05) is 11.4 Å². The molecule has 0 amide bonds. The zero-order valence-corrected chi connectivity index (χ0v) is 11.8. The fourth-order valence-corrected chi connectivity index (χ4v) is 2.73. The minimum absolute atomic E-state index is 0.0893. The van der Waals surface area contributed by atoms with Crippen molar-refractivity contribution < 1.29 is 19.1 Å². The molecule has 0 aromatic carbocycles. The largest absolute Gasteiger partial charge is 0.463 e. The first kappa shape index (κ1) is 12.6. The normalized spacial score (nSPS) is 12.4. The van der Waals surface area contributed by atoms with Gasteiger partial charge in [0.2, 0.25) is 5.76 Å². The van der Waals surface area contributed by atoms with E-state index < -0.39 is 12.1 Å². The number of hydrogen-bond acceptors (Lipinski definition) is 5. The lowest BCUT2D eigenvalue weighted by molar-refractivity contribution is 0.0558. The van der Waals surface area contributed by atoms with Crippen LogP contribution in [0.25, 0.3) is 0 Å². The minimum atomic E-state index is -0.854. The van der Waals surface area contributed by atoms with Crippen LogP contribution in [0.5, 0.6) is 0 Å². The number of hydrogen-bond donors (Lipinski definition) is 1. The summed E-state index contributed by atoms with van der Waals surface area (Å²) in [6, 6.07) is 4.93. The molecule has 1 unspecified atom stereocenters. The summed E-state index contributed by atoms with van der Waals surface area (Å²) in [4.78, 5) is 11.2. The third-order valence-corrected chi connectivity index (χ3v) is 3.99. The Balaban J connectivity index is 2.23. The third kappa shape index (κ3) is 2.70. The average molecular weight is 364 g/mol. The van der Waals surface area contributed by atoms with E-state index in [-0.39, 0.29) is 5.76 Å².